The molecule has 0 aliphatic rings. The summed E-state index contributed by atoms with van der Waals surface area (Å²) in [4.78, 5) is 4.52. The Kier molecular flexibility index (Phi) is 5.97. The minimum absolute atomic E-state index is 0. The molecule has 2 heteroatoms. The maximum Gasteiger partial charge on any atom is 0.0694 e. The van der Waals surface area contributed by atoms with Crippen LogP contribution >= 0.6 is 0 Å². The minimum Gasteiger partial charge on any atom is -0.412 e. The van der Waals surface area contributed by atoms with Crippen LogP contribution in [0.3, 0.4) is 0 Å². The van der Waals surface area contributed by atoms with Gasteiger partial charge >= 0.3 is 0 Å². The van der Waals surface area contributed by atoms with Crippen molar-refractivity contribution in [3.05, 3.63) is 29.3 Å². The summed E-state index contributed by atoms with van der Waals surface area (Å²) in [6.45, 7) is 10.8. The van der Waals surface area contributed by atoms with Crippen molar-refractivity contribution in [3.63, 3.8) is 0 Å². The molecule has 90 valence electrons. The molecule has 0 heterocycles. The van der Waals surface area contributed by atoms with Gasteiger partial charge < -0.3 is 5.48 Å². The number of benzene rings is 1. The molecule has 2 nitrogen and oxygen atoms in total. The minimum atomic E-state index is 0. The van der Waals surface area contributed by atoms with Gasteiger partial charge in [-0.25, -0.2) is 0 Å². The monoisotopic (exact) mass is 221 g/mol. The second-order valence-electron chi connectivity index (χ2n) is 4.48. The first-order valence-corrected chi connectivity index (χ1v) is 5.69. The van der Waals surface area contributed by atoms with Crippen LogP contribution in [-0.2, 0) is 0 Å². The highest BCUT2D eigenvalue weighted by molar-refractivity contribution is 5.66. The van der Waals surface area contributed by atoms with E-state index in [-0.39, 0.29) is 5.48 Å². The number of hydrogen-bond donors (Lipinski definition) is 0. The Morgan fingerprint density at radius 3 is 1.75 bits per heavy atom. The zero-order valence-corrected chi connectivity index (χ0v) is 10.9. The first-order chi connectivity index (χ1) is 7.07. The van der Waals surface area contributed by atoms with Crippen LogP contribution in [0.15, 0.2) is 23.2 Å². The first-order valence-electron chi connectivity index (χ1n) is 5.69. The molecule has 1 rings (SSSR count). The molecule has 0 bridgehead atoms. The van der Waals surface area contributed by atoms with Crippen molar-refractivity contribution in [2.24, 2.45) is 4.99 Å². The topological polar surface area (TPSA) is 43.9 Å². The zero-order chi connectivity index (χ0) is 11.4. The van der Waals surface area contributed by atoms with Crippen LogP contribution in [-0.4, -0.2) is 11.7 Å². The Balaban J connectivity index is 0.00000225. The van der Waals surface area contributed by atoms with Crippen molar-refractivity contribution in [1.82, 2.24) is 0 Å². The van der Waals surface area contributed by atoms with Gasteiger partial charge in [-0.15, -0.1) is 0 Å². The fraction of sp³-hybridized carbons (Fsp3) is 0.500. The van der Waals surface area contributed by atoms with Gasteiger partial charge in [0.05, 0.1) is 5.69 Å². The van der Waals surface area contributed by atoms with Crippen LogP contribution < -0.4 is 0 Å². The fourth-order valence-electron chi connectivity index (χ4n) is 1.79. The molecule has 1 aromatic rings. The highest BCUT2D eigenvalue weighted by atomic mass is 16.0. The van der Waals surface area contributed by atoms with Crippen LogP contribution in [0.4, 0.5) is 5.69 Å². The van der Waals surface area contributed by atoms with Crippen LogP contribution in [0.1, 0.15) is 57.6 Å². The number of nitrogens with zero attached hydrogens (tertiary/aromatic N) is 1. The molecule has 2 N–H and O–H groups in total. The van der Waals surface area contributed by atoms with E-state index < -0.39 is 0 Å². The third-order valence-electron chi connectivity index (χ3n) is 2.60. The van der Waals surface area contributed by atoms with E-state index in [1.807, 2.05) is 13.1 Å². The summed E-state index contributed by atoms with van der Waals surface area (Å²) >= 11 is 0. The SMILES string of the molecule is CC=Nc1c(C(C)C)cccc1C(C)C.O. The van der Waals surface area contributed by atoms with Gasteiger partial charge in [-0.05, 0) is 29.9 Å². The van der Waals surface area contributed by atoms with E-state index in [1.54, 1.807) is 0 Å². The van der Waals surface area contributed by atoms with E-state index in [9.17, 15) is 0 Å². The molecule has 1 aromatic carbocycles. The number of aliphatic imine (C=N–C) groups is 1. The summed E-state index contributed by atoms with van der Waals surface area (Å²) in [6.07, 6.45) is 1.88. The Hall–Kier alpha value is -1.15. The molecule has 16 heavy (non-hydrogen) atoms. The second-order valence-corrected chi connectivity index (χ2v) is 4.48. The molecular formula is C14H23NO. The third kappa shape index (κ3) is 3.17. The Bertz CT molecular complexity index is 328. The molecule has 0 saturated carbocycles. The summed E-state index contributed by atoms with van der Waals surface area (Å²) in [5.74, 6) is 1.06. The molecule has 0 atom stereocenters. The predicted molar refractivity (Wildman–Crippen MR) is 72.1 cm³/mol. The van der Waals surface area contributed by atoms with Gasteiger partial charge in [0.1, 0.15) is 0 Å². The van der Waals surface area contributed by atoms with Gasteiger partial charge in [-0.1, -0.05) is 45.9 Å². The molecular weight excluding hydrogens is 198 g/mol. The van der Waals surface area contributed by atoms with E-state index in [1.165, 1.54) is 16.8 Å². The number of para-hydroxylation sites is 1. The Morgan fingerprint density at radius 1 is 1.00 bits per heavy atom. The van der Waals surface area contributed by atoms with Crippen molar-refractivity contribution >= 4 is 11.9 Å². The van der Waals surface area contributed by atoms with Crippen molar-refractivity contribution in [3.8, 4) is 0 Å². The lowest BCUT2D eigenvalue weighted by molar-refractivity contribution is 0.824. The molecule has 0 radical (unpaired) electrons. The molecule has 0 aromatic heterocycles. The first kappa shape index (κ1) is 14.8. The van der Waals surface area contributed by atoms with Crippen molar-refractivity contribution in [2.45, 2.75) is 46.5 Å². The van der Waals surface area contributed by atoms with E-state index in [2.05, 4.69) is 50.9 Å². The highest BCUT2D eigenvalue weighted by Crippen LogP contribution is 2.34. The van der Waals surface area contributed by atoms with Gasteiger partial charge in [-0.3, -0.25) is 4.99 Å². The van der Waals surface area contributed by atoms with Crippen molar-refractivity contribution < 1.29 is 5.48 Å². The highest BCUT2D eigenvalue weighted by Gasteiger charge is 2.11. The third-order valence-corrected chi connectivity index (χ3v) is 2.60. The van der Waals surface area contributed by atoms with Gasteiger partial charge in [0.2, 0.25) is 0 Å². The molecule has 0 aliphatic heterocycles. The molecule has 0 fully saturated rings. The lowest BCUT2D eigenvalue weighted by Gasteiger charge is -2.15. The normalized spacial score (nSPS) is 11.2. The Labute approximate surface area is 98.7 Å². The van der Waals surface area contributed by atoms with Crippen LogP contribution in [0, 0.1) is 0 Å². The summed E-state index contributed by atoms with van der Waals surface area (Å²) in [7, 11) is 0. The summed E-state index contributed by atoms with van der Waals surface area (Å²) in [6, 6.07) is 6.50. The summed E-state index contributed by atoms with van der Waals surface area (Å²) < 4.78 is 0. The van der Waals surface area contributed by atoms with Crippen LogP contribution in [0.2, 0.25) is 0 Å². The smallest absolute Gasteiger partial charge is 0.0694 e. The fourth-order valence-corrected chi connectivity index (χ4v) is 1.79. The largest absolute Gasteiger partial charge is 0.412 e. The van der Waals surface area contributed by atoms with Gasteiger partial charge in [0, 0.05) is 6.21 Å². The average molecular weight is 221 g/mol. The van der Waals surface area contributed by atoms with Gasteiger partial charge in [0.15, 0.2) is 0 Å². The lowest BCUT2D eigenvalue weighted by Crippen LogP contribution is -1.95. The summed E-state index contributed by atoms with van der Waals surface area (Å²) in [5.41, 5.74) is 3.86. The molecule has 0 aliphatic carbocycles. The number of hydrogen-bond acceptors (Lipinski definition) is 1. The van der Waals surface area contributed by atoms with Gasteiger partial charge in [-0.2, -0.15) is 0 Å². The van der Waals surface area contributed by atoms with Crippen LogP contribution in [0.25, 0.3) is 0 Å². The lowest BCUT2D eigenvalue weighted by atomic mass is 9.93. The predicted octanol–water partition coefficient (Wildman–Crippen LogP) is 3.83. The number of rotatable bonds is 3. The van der Waals surface area contributed by atoms with E-state index >= 15 is 0 Å². The summed E-state index contributed by atoms with van der Waals surface area (Å²) in [5, 5.41) is 0. The average Bonchev–Trinajstić information content (AvgIpc) is 2.17. The molecule has 0 saturated heterocycles. The standard InChI is InChI=1S/C14H21N.H2O/c1-6-15-14-12(10(2)3)8-7-9-13(14)11(4)5;/h6-11H,1-5H3;1H2. The van der Waals surface area contributed by atoms with E-state index in [4.69, 9.17) is 0 Å². The van der Waals surface area contributed by atoms with Crippen LogP contribution in [0.5, 0.6) is 0 Å². The van der Waals surface area contributed by atoms with Crippen molar-refractivity contribution in [1.29, 1.82) is 0 Å². The van der Waals surface area contributed by atoms with E-state index in [0.29, 0.717) is 11.8 Å². The quantitative estimate of drug-likeness (QED) is 0.696. The van der Waals surface area contributed by atoms with Crippen molar-refractivity contribution in [2.75, 3.05) is 0 Å². The second kappa shape index (κ2) is 6.44. The zero-order valence-electron chi connectivity index (χ0n) is 10.9. The van der Waals surface area contributed by atoms with E-state index in [0.717, 1.165) is 0 Å². The molecule has 0 unspecified atom stereocenters. The molecule has 0 spiro atoms. The molecule has 0 amide bonds. The maximum absolute atomic E-state index is 4.52. The maximum atomic E-state index is 4.52. The Morgan fingerprint density at radius 2 is 1.44 bits per heavy atom. The van der Waals surface area contributed by atoms with Gasteiger partial charge in [0.25, 0.3) is 0 Å².